The monoisotopic (exact) mass is 328 g/mol. The van der Waals surface area contributed by atoms with Crippen LogP contribution in [0.15, 0.2) is 42.5 Å². The Morgan fingerprint density at radius 2 is 1.96 bits per heavy atom. The fraction of sp³-hybridized carbons (Fsp3) is 0.222. The molecule has 1 N–H and O–H groups in total. The summed E-state index contributed by atoms with van der Waals surface area (Å²) in [5.41, 5.74) is 1.53. The molecule has 0 bridgehead atoms. The molecule has 5 nitrogen and oxygen atoms in total. The van der Waals surface area contributed by atoms with Gasteiger partial charge in [0.1, 0.15) is 18.1 Å². The molecule has 2 aromatic carbocycles. The number of carbonyl (C=O) groups excluding carboxylic acids is 2. The lowest BCUT2D eigenvalue weighted by Crippen LogP contribution is -2.41. The Hall–Kier alpha value is -2.89. The third kappa shape index (κ3) is 3.22. The van der Waals surface area contributed by atoms with E-state index in [4.69, 9.17) is 4.74 Å². The van der Waals surface area contributed by atoms with Gasteiger partial charge >= 0.3 is 0 Å². The molecular weight excluding hydrogens is 311 g/mol. The summed E-state index contributed by atoms with van der Waals surface area (Å²) < 4.78 is 19.2. The lowest BCUT2D eigenvalue weighted by atomic mass is 10.0. The van der Waals surface area contributed by atoms with Crippen LogP contribution in [0.4, 0.5) is 15.8 Å². The number of hydrogen-bond donors (Lipinski definition) is 1. The first kappa shape index (κ1) is 16.0. The standard InChI is InChI=1S/C18H17FN2O3/c1-24-14-8-6-13(7-9-14)20-16(22)11-21-17(23)10-5-12-3-2-4-15(19)18(12)21/h2-4,6-9H,5,10-11H2,1H3,(H,20,22). The van der Waals surface area contributed by atoms with Gasteiger partial charge in [-0.25, -0.2) is 4.39 Å². The van der Waals surface area contributed by atoms with E-state index in [0.29, 0.717) is 17.9 Å². The van der Waals surface area contributed by atoms with Crippen molar-refractivity contribution in [2.24, 2.45) is 0 Å². The summed E-state index contributed by atoms with van der Waals surface area (Å²) in [5, 5.41) is 2.70. The molecule has 124 valence electrons. The minimum Gasteiger partial charge on any atom is -0.497 e. The molecule has 0 aliphatic carbocycles. The Morgan fingerprint density at radius 1 is 1.21 bits per heavy atom. The van der Waals surface area contributed by atoms with Gasteiger partial charge in [-0.15, -0.1) is 0 Å². The van der Waals surface area contributed by atoms with Gasteiger partial charge in [-0.05, 0) is 42.3 Å². The second-order valence-electron chi connectivity index (χ2n) is 5.50. The summed E-state index contributed by atoms with van der Waals surface area (Å²) in [6.45, 7) is -0.223. The van der Waals surface area contributed by atoms with Gasteiger partial charge in [-0.3, -0.25) is 14.5 Å². The van der Waals surface area contributed by atoms with Crippen LogP contribution < -0.4 is 15.0 Å². The predicted octanol–water partition coefficient (Wildman–Crippen LogP) is 2.75. The average molecular weight is 328 g/mol. The van der Waals surface area contributed by atoms with Gasteiger partial charge in [0.2, 0.25) is 11.8 Å². The van der Waals surface area contributed by atoms with Crippen LogP contribution in [-0.2, 0) is 16.0 Å². The highest BCUT2D eigenvalue weighted by molar-refractivity contribution is 6.04. The van der Waals surface area contributed by atoms with Crippen LogP contribution in [0.1, 0.15) is 12.0 Å². The first-order valence-corrected chi connectivity index (χ1v) is 7.60. The van der Waals surface area contributed by atoms with Gasteiger partial charge in [0, 0.05) is 12.1 Å². The summed E-state index contributed by atoms with van der Waals surface area (Å²) in [6, 6.07) is 11.5. The van der Waals surface area contributed by atoms with E-state index in [9.17, 15) is 14.0 Å². The zero-order valence-corrected chi connectivity index (χ0v) is 13.2. The Kier molecular flexibility index (Phi) is 4.46. The summed E-state index contributed by atoms with van der Waals surface area (Å²) in [4.78, 5) is 25.6. The zero-order valence-electron chi connectivity index (χ0n) is 13.2. The number of amides is 2. The van der Waals surface area contributed by atoms with Crippen molar-refractivity contribution in [3.05, 3.63) is 53.8 Å². The van der Waals surface area contributed by atoms with Gasteiger partial charge in [0.25, 0.3) is 0 Å². The van der Waals surface area contributed by atoms with Crippen LogP contribution in [-0.4, -0.2) is 25.5 Å². The molecule has 0 saturated heterocycles. The van der Waals surface area contributed by atoms with Crippen molar-refractivity contribution in [3.63, 3.8) is 0 Å². The van der Waals surface area contributed by atoms with Gasteiger partial charge < -0.3 is 10.1 Å². The minimum atomic E-state index is -0.488. The van der Waals surface area contributed by atoms with Gasteiger partial charge in [-0.1, -0.05) is 12.1 Å². The van der Waals surface area contributed by atoms with Crippen LogP contribution >= 0.6 is 0 Å². The molecule has 1 aliphatic rings. The second-order valence-corrected chi connectivity index (χ2v) is 5.50. The van der Waals surface area contributed by atoms with Gasteiger partial charge in [-0.2, -0.15) is 0 Å². The fourth-order valence-electron chi connectivity index (χ4n) is 2.75. The molecule has 1 aliphatic heterocycles. The molecule has 3 rings (SSSR count). The van der Waals surface area contributed by atoms with Crippen molar-refractivity contribution in [1.29, 1.82) is 0 Å². The second kappa shape index (κ2) is 6.70. The molecule has 6 heteroatoms. The van der Waals surface area contributed by atoms with Crippen molar-refractivity contribution in [3.8, 4) is 5.75 Å². The maximum atomic E-state index is 14.1. The number of nitrogens with one attached hydrogen (secondary N) is 1. The number of carbonyl (C=O) groups is 2. The molecule has 2 amide bonds. The van der Waals surface area contributed by atoms with E-state index in [1.807, 2.05) is 0 Å². The number of aryl methyl sites for hydroxylation is 1. The number of halogens is 1. The Bertz CT molecular complexity index is 774. The van der Waals surface area contributed by atoms with E-state index in [1.54, 1.807) is 43.5 Å². The number of fused-ring (bicyclic) bond motifs is 1. The maximum Gasteiger partial charge on any atom is 0.244 e. The normalized spacial score (nSPS) is 13.4. The molecule has 0 aromatic heterocycles. The summed E-state index contributed by atoms with van der Waals surface area (Å²) in [6.07, 6.45) is 0.759. The summed E-state index contributed by atoms with van der Waals surface area (Å²) in [5.74, 6) is -0.449. The summed E-state index contributed by atoms with van der Waals surface area (Å²) in [7, 11) is 1.56. The third-order valence-corrected chi connectivity index (χ3v) is 3.93. The molecule has 0 radical (unpaired) electrons. The lowest BCUT2D eigenvalue weighted by molar-refractivity contribution is -0.121. The van der Waals surface area contributed by atoms with Crippen molar-refractivity contribution in [2.75, 3.05) is 23.9 Å². The topological polar surface area (TPSA) is 58.6 Å². The minimum absolute atomic E-state index is 0.207. The van der Waals surface area contributed by atoms with Crippen molar-refractivity contribution in [1.82, 2.24) is 0 Å². The largest absolute Gasteiger partial charge is 0.497 e. The number of ether oxygens (including phenoxy) is 1. The Morgan fingerprint density at radius 3 is 2.67 bits per heavy atom. The quantitative estimate of drug-likeness (QED) is 0.939. The lowest BCUT2D eigenvalue weighted by Gasteiger charge is -2.29. The van der Waals surface area contributed by atoms with Crippen LogP contribution in [0.3, 0.4) is 0 Å². The summed E-state index contributed by atoms with van der Waals surface area (Å²) >= 11 is 0. The third-order valence-electron chi connectivity index (χ3n) is 3.93. The number of methoxy groups -OCH3 is 1. The smallest absolute Gasteiger partial charge is 0.244 e. The highest BCUT2D eigenvalue weighted by atomic mass is 19.1. The average Bonchev–Trinajstić information content (AvgIpc) is 2.58. The highest BCUT2D eigenvalue weighted by Gasteiger charge is 2.28. The molecule has 0 atom stereocenters. The number of para-hydroxylation sites is 1. The van der Waals surface area contributed by atoms with Crippen LogP contribution in [0.5, 0.6) is 5.75 Å². The van der Waals surface area contributed by atoms with E-state index in [-0.39, 0.29) is 30.5 Å². The maximum absolute atomic E-state index is 14.1. The number of anilines is 2. The van der Waals surface area contributed by atoms with Crippen molar-refractivity contribution >= 4 is 23.2 Å². The first-order valence-electron chi connectivity index (χ1n) is 7.60. The molecular formula is C18H17FN2O3. The molecule has 2 aromatic rings. The molecule has 0 fully saturated rings. The zero-order chi connectivity index (χ0) is 17.1. The Labute approximate surface area is 139 Å². The molecule has 0 saturated carbocycles. The van der Waals surface area contributed by atoms with E-state index in [2.05, 4.69) is 5.32 Å². The van der Waals surface area contributed by atoms with Gasteiger partial charge in [0.05, 0.1) is 12.8 Å². The Balaban J connectivity index is 1.75. The number of hydrogen-bond acceptors (Lipinski definition) is 3. The van der Waals surface area contributed by atoms with Crippen LogP contribution in [0.2, 0.25) is 0 Å². The molecule has 0 unspecified atom stereocenters. The SMILES string of the molecule is COc1ccc(NC(=O)CN2C(=O)CCc3cccc(F)c32)cc1. The van der Waals surface area contributed by atoms with E-state index >= 15 is 0 Å². The van der Waals surface area contributed by atoms with Crippen molar-refractivity contribution < 1.29 is 18.7 Å². The predicted molar refractivity (Wildman–Crippen MR) is 88.7 cm³/mol. The number of rotatable bonds is 4. The number of nitrogens with zero attached hydrogens (tertiary/aromatic N) is 1. The van der Waals surface area contributed by atoms with E-state index < -0.39 is 5.82 Å². The van der Waals surface area contributed by atoms with Crippen LogP contribution in [0.25, 0.3) is 0 Å². The molecule has 1 heterocycles. The van der Waals surface area contributed by atoms with Crippen LogP contribution in [0, 0.1) is 5.82 Å². The van der Waals surface area contributed by atoms with Crippen molar-refractivity contribution in [2.45, 2.75) is 12.8 Å². The van der Waals surface area contributed by atoms with E-state index in [1.165, 1.54) is 11.0 Å². The number of benzene rings is 2. The molecule has 24 heavy (non-hydrogen) atoms. The van der Waals surface area contributed by atoms with Gasteiger partial charge in [0.15, 0.2) is 0 Å². The molecule has 0 spiro atoms. The first-order chi connectivity index (χ1) is 11.6. The highest BCUT2D eigenvalue weighted by Crippen LogP contribution is 2.30. The fourth-order valence-corrected chi connectivity index (χ4v) is 2.75. The van der Waals surface area contributed by atoms with E-state index in [0.717, 1.165) is 5.56 Å².